The zero-order valence-electron chi connectivity index (χ0n) is 9.40. The Labute approximate surface area is 105 Å². The lowest BCUT2D eigenvalue weighted by atomic mass is 10.2. The van der Waals surface area contributed by atoms with Gasteiger partial charge in [0.2, 0.25) is 10.0 Å². The minimum atomic E-state index is -3.51. The molecule has 0 aliphatic rings. The topological polar surface area (TPSA) is 72.2 Å². The lowest BCUT2D eigenvalue weighted by molar-refractivity contribution is 0.592. The van der Waals surface area contributed by atoms with Gasteiger partial charge in [-0.2, -0.15) is 0 Å². The number of rotatable bonds is 4. The van der Waals surface area contributed by atoms with Crippen LogP contribution in [0.1, 0.15) is 19.4 Å². The highest BCUT2D eigenvalue weighted by Crippen LogP contribution is 2.19. The van der Waals surface area contributed by atoms with E-state index in [1.807, 2.05) is 0 Å². The predicted molar refractivity (Wildman–Crippen MR) is 70.0 cm³/mol. The first-order valence-electron chi connectivity index (χ1n) is 4.85. The summed E-state index contributed by atoms with van der Waals surface area (Å²) in [5, 5.41) is -0.605. The SMILES string of the molecule is CC(C)S(=O)(=O)Nc1ccc(F)cc1C(N)=S. The minimum Gasteiger partial charge on any atom is -0.389 e. The van der Waals surface area contributed by atoms with Gasteiger partial charge in [0.05, 0.1) is 10.9 Å². The van der Waals surface area contributed by atoms with E-state index in [4.69, 9.17) is 18.0 Å². The molecular formula is C10H13FN2O2S2. The van der Waals surface area contributed by atoms with Crippen LogP contribution in [0.15, 0.2) is 18.2 Å². The van der Waals surface area contributed by atoms with Crippen LogP contribution < -0.4 is 10.5 Å². The molecule has 0 aliphatic carbocycles. The van der Waals surface area contributed by atoms with Crippen LogP contribution in [-0.2, 0) is 10.0 Å². The van der Waals surface area contributed by atoms with Gasteiger partial charge in [-0.05, 0) is 32.0 Å². The first-order chi connectivity index (χ1) is 7.74. The number of thiocarbonyl (C=S) groups is 1. The van der Waals surface area contributed by atoms with Crippen LogP contribution in [0.5, 0.6) is 0 Å². The Bertz CT molecular complexity index is 541. The molecule has 17 heavy (non-hydrogen) atoms. The third kappa shape index (κ3) is 3.37. The van der Waals surface area contributed by atoms with E-state index in [9.17, 15) is 12.8 Å². The zero-order chi connectivity index (χ0) is 13.2. The fourth-order valence-electron chi connectivity index (χ4n) is 1.08. The molecule has 94 valence electrons. The lowest BCUT2D eigenvalue weighted by Crippen LogP contribution is -2.24. The van der Waals surface area contributed by atoms with Crippen LogP contribution in [-0.4, -0.2) is 18.7 Å². The maximum atomic E-state index is 13.0. The molecule has 0 aliphatic heterocycles. The number of benzene rings is 1. The van der Waals surface area contributed by atoms with Crippen LogP contribution in [0.3, 0.4) is 0 Å². The molecule has 0 heterocycles. The highest BCUT2D eigenvalue weighted by molar-refractivity contribution is 7.93. The summed E-state index contributed by atoms with van der Waals surface area (Å²) < 4.78 is 38.7. The van der Waals surface area contributed by atoms with Crippen LogP contribution in [0, 0.1) is 5.82 Å². The van der Waals surface area contributed by atoms with Gasteiger partial charge in [-0.25, -0.2) is 12.8 Å². The molecular weight excluding hydrogens is 263 g/mol. The van der Waals surface area contributed by atoms with Crippen molar-refractivity contribution in [2.45, 2.75) is 19.1 Å². The average Bonchev–Trinajstić information content (AvgIpc) is 2.19. The van der Waals surface area contributed by atoms with Gasteiger partial charge < -0.3 is 5.73 Å². The largest absolute Gasteiger partial charge is 0.389 e. The lowest BCUT2D eigenvalue weighted by Gasteiger charge is -2.13. The molecule has 1 aromatic rings. The Morgan fingerprint density at radius 1 is 1.47 bits per heavy atom. The number of halogens is 1. The fourth-order valence-corrected chi connectivity index (χ4v) is 1.97. The summed E-state index contributed by atoms with van der Waals surface area (Å²) in [4.78, 5) is -0.0639. The van der Waals surface area contributed by atoms with E-state index >= 15 is 0 Å². The smallest absolute Gasteiger partial charge is 0.235 e. The number of sulfonamides is 1. The Kier molecular flexibility index (Phi) is 4.05. The molecule has 3 N–H and O–H groups in total. The van der Waals surface area contributed by atoms with Crippen LogP contribution in [0.25, 0.3) is 0 Å². The Hall–Kier alpha value is -1.21. The van der Waals surface area contributed by atoms with Crippen molar-refractivity contribution < 1.29 is 12.8 Å². The van der Waals surface area contributed by atoms with Crippen molar-refractivity contribution in [3.05, 3.63) is 29.6 Å². The van der Waals surface area contributed by atoms with Gasteiger partial charge in [-0.3, -0.25) is 4.72 Å². The van der Waals surface area contributed by atoms with Gasteiger partial charge in [-0.15, -0.1) is 0 Å². The zero-order valence-corrected chi connectivity index (χ0v) is 11.0. The summed E-state index contributed by atoms with van der Waals surface area (Å²) in [7, 11) is -3.51. The molecule has 7 heteroatoms. The van der Waals surface area contributed by atoms with E-state index in [0.717, 1.165) is 12.1 Å². The van der Waals surface area contributed by atoms with Crippen molar-refractivity contribution in [1.82, 2.24) is 0 Å². The van der Waals surface area contributed by atoms with Crippen molar-refractivity contribution in [1.29, 1.82) is 0 Å². The van der Waals surface area contributed by atoms with Crippen molar-refractivity contribution in [3.8, 4) is 0 Å². The summed E-state index contributed by atoms with van der Waals surface area (Å²) in [5.41, 5.74) is 5.77. The number of hydrogen-bond donors (Lipinski definition) is 2. The molecule has 0 fully saturated rings. The van der Waals surface area contributed by atoms with E-state index in [1.54, 1.807) is 0 Å². The third-order valence-electron chi connectivity index (χ3n) is 2.12. The van der Waals surface area contributed by atoms with E-state index in [1.165, 1.54) is 19.9 Å². The Morgan fingerprint density at radius 2 is 2.06 bits per heavy atom. The molecule has 0 amide bonds. The number of hydrogen-bond acceptors (Lipinski definition) is 3. The van der Waals surface area contributed by atoms with Gasteiger partial charge in [0, 0.05) is 5.56 Å². The van der Waals surface area contributed by atoms with E-state index in [-0.39, 0.29) is 16.2 Å². The second kappa shape index (κ2) is 4.97. The molecule has 0 saturated carbocycles. The summed E-state index contributed by atoms with van der Waals surface area (Å²) in [6, 6.07) is 3.53. The van der Waals surface area contributed by atoms with Crippen molar-refractivity contribution in [3.63, 3.8) is 0 Å². The Morgan fingerprint density at radius 3 is 2.53 bits per heavy atom. The summed E-state index contributed by atoms with van der Waals surface area (Å²) >= 11 is 4.74. The first-order valence-corrected chi connectivity index (χ1v) is 6.80. The van der Waals surface area contributed by atoms with Gasteiger partial charge in [0.25, 0.3) is 0 Å². The molecule has 1 aromatic carbocycles. The standard InChI is InChI=1S/C10H13FN2O2S2/c1-6(2)17(14,15)13-9-4-3-7(11)5-8(9)10(12)16/h3-6,13H,1-2H3,(H2,12,16). The second-order valence-corrected chi connectivity index (χ2v) is 6.43. The summed E-state index contributed by atoms with van der Waals surface area (Å²) in [6.07, 6.45) is 0. The minimum absolute atomic E-state index is 0.0639. The maximum absolute atomic E-state index is 13.0. The van der Waals surface area contributed by atoms with Gasteiger partial charge >= 0.3 is 0 Å². The summed E-state index contributed by atoms with van der Waals surface area (Å²) in [5.74, 6) is -0.528. The van der Waals surface area contributed by atoms with E-state index < -0.39 is 21.1 Å². The monoisotopic (exact) mass is 276 g/mol. The number of nitrogens with one attached hydrogen (secondary N) is 1. The van der Waals surface area contributed by atoms with E-state index in [2.05, 4.69) is 4.72 Å². The van der Waals surface area contributed by atoms with Crippen molar-refractivity contribution in [2.75, 3.05) is 4.72 Å². The van der Waals surface area contributed by atoms with Gasteiger partial charge in [0.1, 0.15) is 10.8 Å². The molecule has 4 nitrogen and oxygen atoms in total. The molecule has 0 bridgehead atoms. The van der Waals surface area contributed by atoms with E-state index in [0.29, 0.717) is 0 Å². The molecule has 0 aromatic heterocycles. The molecule has 0 unspecified atom stereocenters. The normalized spacial score (nSPS) is 11.5. The highest BCUT2D eigenvalue weighted by Gasteiger charge is 2.18. The molecule has 0 spiro atoms. The Balaban J connectivity index is 3.20. The second-order valence-electron chi connectivity index (χ2n) is 3.75. The first kappa shape index (κ1) is 13.9. The molecule has 0 saturated heterocycles. The van der Waals surface area contributed by atoms with Crippen LogP contribution in [0.4, 0.5) is 10.1 Å². The molecule has 1 rings (SSSR count). The molecule has 0 radical (unpaired) electrons. The average molecular weight is 276 g/mol. The van der Waals surface area contributed by atoms with Crippen molar-refractivity contribution in [2.24, 2.45) is 5.73 Å². The van der Waals surface area contributed by atoms with Crippen LogP contribution >= 0.6 is 12.2 Å². The quantitative estimate of drug-likeness (QED) is 0.820. The number of nitrogens with two attached hydrogens (primary N) is 1. The summed E-state index contributed by atoms with van der Waals surface area (Å²) in [6.45, 7) is 3.07. The number of anilines is 1. The highest BCUT2D eigenvalue weighted by atomic mass is 32.2. The molecule has 0 atom stereocenters. The van der Waals surface area contributed by atoms with Crippen molar-refractivity contribution >= 4 is 32.9 Å². The third-order valence-corrected chi connectivity index (χ3v) is 4.09. The fraction of sp³-hybridized carbons (Fsp3) is 0.300. The van der Waals surface area contributed by atoms with Crippen LogP contribution in [0.2, 0.25) is 0 Å². The van der Waals surface area contributed by atoms with Gasteiger partial charge in [-0.1, -0.05) is 12.2 Å². The maximum Gasteiger partial charge on any atom is 0.235 e. The van der Waals surface area contributed by atoms with Gasteiger partial charge in [0.15, 0.2) is 0 Å². The predicted octanol–water partition coefficient (Wildman–Crippen LogP) is 1.61.